The first kappa shape index (κ1) is 15.0. The topological polar surface area (TPSA) is 37.8 Å². The maximum absolute atomic E-state index is 4.70. The van der Waals surface area contributed by atoms with Crippen LogP contribution in [0.25, 0.3) is 11.4 Å². The quantitative estimate of drug-likeness (QED) is 0.885. The zero-order valence-corrected chi connectivity index (χ0v) is 14.2. The Bertz CT molecular complexity index is 636. The van der Waals surface area contributed by atoms with Crippen molar-refractivity contribution >= 4 is 21.7 Å². The maximum Gasteiger partial charge on any atom is 0.162 e. The lowest BCUT2D eigenvalue weighted by atomic mass is 10.0. The zero-order chi connectivity index (χ0) is 14.9. The van der Waals surface area contributed by atoms with Crippen LogP contribution in [-0.4, -0.2) is 17.0 Å². The van der Waals surface area contributed by atoms with Gasteiger partial charge in [-0.05, 0) is 43.5 Å². The molecule has 0 amide bonds. The summed E-state index contributed by atoms with van der Waals surface area (Å²) in [6.45, 7) is 8.46. The molecule has 0 saturated carbocycles. The van der Waals surface area contributed by atoms with Crippen molar-refractivity contribution in [3.05, 3.63) is 39.5 Å². The van der Waals surface area contributed by atoms with E-state index in [9.17, 15) is 0 Å². The minimum atomic E-state index is 0.400. The molecule has 106 valence electrons. The normalized spacial score (nSPS) is 10.9. The minimum Gasteiger partial charge on any atom is -0.373 e. The Morgan fingerprint density at radius 2 is 1.85 bits per heavy atom. The molecule has 0 aliphatic rings. The van der Waals surface area contributed by atoms with Crippen LogP contribution in [0.4, 0.5) is 5.82 Å². The van der Waals surface area contributed by atoms with Gasteiger partial charge in [-0.15, -0.1) is 0 Å². The Hall–Kier alpha value is -1.42. The molecule has 1 heterocycles. The lowest BCUT2D eigenvalue weighted by Gasteiger charge is -2.16. The first-order valence-corrected chi connectivity index (χ1v) is 7.56. The van der Waals surface area contributed by atoms with Crippen molar-refractivity contribution in [2.24, 2.45) is 0 Å². The highest BCUT2D eigenvalue weighted by molar-refractivity contribution is 9.10. The molecule has 0 atom stereocenters. The summed E-state index contributed by atoms with van der Waals surface area (Å²) in [5.74, 6) is 2.10. The smallest absolute Gasteiger partial charge is 0.162 e. The fraction of sp³-hybridized carbons (Fsp3) is 0.375. The summed E-state index contributed by atoms with van der Waals surface area (Å²) in [6.07, 6.45) is 0. The molecule has 2 rings (SSSR count). The summed E-state index contributed by atoms with van der Waals surface area (Å²) in [5, 5.41) is 3.20. The number of rotatable bonds is 3. The Labute approximate surface area is 129 Å². The van der Waals surface area contributed by atoms with Crippen LogP contribution in [0.5, 0.6) is 0 Å². The number of nitrogens with one attached hydrogen (secondary N) is 1. The van der Waals surface area contributed by atoms with E-state index in [1.165, 1.54) is 5.56 Å². The maximum atomic E-state index is 4.70. The van der Waals surface area contributed by atoms with Crippen molar-refractivity contribution in [1.82, 2.24) is 9.97 Å². The van der Waals surface area contributed by atoms with Gasteiger partial charge in [0.2, 0.25) is 0 Å². The van der Waals surface area contributed by atoms with Crippen LogP contribution in [0.3, 0.4) is 0 Å². The lowest BCUT2D eigenvalue weighted by molar-refractivity contribution is 0.833. The summed E-state index contributed by atoms with van der Waals surface area (Å²) in [5.41, 5.74) is 4.46. The van der Waals surface area contributed by atoms with E-state index in [2.05, 4.69) is 61.1 Å². The monoisotopic (exact) mass is 333 g/mol. The third-order valence-corrected chi connectivity index (χ3v) is 3.87. The summed E-state index contributed by atoms with van der Waals surface area (Å²) in [7, 11) is 1.91. The highest BCUT2D eigenvalue weighted by atomic mass is 79.9. The molecule has 2 aromatic rings. The van der Waals surface area contributed by atoms with Gasteiger partial charge in [0, 0.05) is 28.3 Å². The molecule has 20 heavy (non-hydrogen) atoms. The summed E-state index contributed by atoms with van der Waals surface area (Å²) in [4.78, 5) is 9.39. The first-order valence-electron chi connectivity index (χ1n) is 6.76. The molecule has 0 aliphatic carbocycles. The van der Waals surface area contributed by atoms with Crippen LogP contribution < -0.4 is 5.32 Å². The third-order valence-electron chi connectivity index (χ3n) is 3.38. The van der Waals surface area contributed by atoms with Gasteiger partial charge in [-0.1, -0.05) is 29.8 Å². The summed E-state index contributed by atoms with van der Waals surface area (Å²) >= 11 is 3.49. The van der Waals surface area contributed by atoms with Gasteiger partial charge in [0.25, 0.3) is 0 Å². The van der Waals surface area contributed by atoms with E-state index in [1.807, 2.05) is 13.1 Å². The first-order chi connectivity index (χ1) is 9.43. The number of hydrogen-bond acceptors (Lipinski definition) is 3. The Morgan fingerprint density at radius 3 is 2.40 bits per heavy atom. The van der Waals surface area contributed by atoms with Crippen LogP contribution in [0.1, 0.15) is 36.6 Å². The molecule has 1 N–H and O–H groups in total. The fourth-order valence-corrected chi connectivity index (χ4v) is 2.94. The van der Waals surface area contributed by atoms with Crippen molar-refractivity contribution < 1.29 is 0 Å². The number of aromatic nitrogens is 2. The number of anilines is 1. The molecule has 0 saturated heterocycles. The van der Waals surface area contributed by atoms with Gasteiger partial charge in [-0.25, -0.2) is 9.97 Å². The number of nitrogens with zero attached hydrogens (tertiary/aromatic N) is 2. The zero-order valence-electron chi connectivity index (χ0n) is 12.6. The second kappa shape index (κ2) is 5.92. The van der Waals surface area contributed by atoms with Gasteiger partial charge in [0.15, 0.2) is 5.82 Å². The van der Waals surface area contributed by atoms with E-state index >= 15 is 0 Å². The van der Waals surface area contributed by atoms with Gasteiger partial charge in [-0.2, -0.15) is 0 Å². The van der Waals surface area contributed by atoms with Crippen molar-refractivity contribution in [2.75, 3.05) is 12.4 Å². The molecule has 0 bridgehead atoms. The van der Waals surface area contributed by atoms with E-state index < -0.39 is 0 Å². The SMILES string of the molecule is CNc1nc(-c2ccc(Br)cc2C)nc(C)c1C(C)C. The van der Waals surface area contributed by atoms with Gasteiger partial charge >= 0.3 is 0 Å². The highest BCUT2D eigenvalue weighted by Crippen LogP contribution is 2.29. The molecule has 0 unspecified atom stereocenters. The fourth-order valence-electron chi connectivity index (χ4n) is 2.46. The van der Waals surface area contributed by atoms with Crippen LogP contribution in [0.2, 0.25) is 0 Å². The van der Waals surface area contributed by atoms with E-state index in [-0.39, 0.29) is 0 Å². The van der Waals surface area contributed by atoms with Gasteiger partial charge in [-0.3, -0.25) is 0 Å². The molecule has 0 fully saturated rings. The van der Waals surface area contributed by atoms with E-state index in [0.29, 0.717) is 5.92 Å². The lowest BCUT2D eigenvalue weighted by Crippen LogP contribution is -2.07. The van der Waals surface area contributed by atoms with Crippen LogP contribution in [-0.2, 0) is 0 Å². The highest BCUT2D eigenvalue weighted by Gasteiger charge is 2.15. The summed E-state index contributed by atoms with van der Waals surface area (Å²) < 4.78 is 1.07. The molecule has 1 aromatic carbocycles. The molecule has 0 aliphatic heterocycles. The number of halogens is 1. The van der Waals surface area contributed by atoms with Crippen molar-refractivity contribution in [1.29, 1.82) is 0 Å². The van der Waals surface area contributed by atoms with Crippen molar-refractivity contribution in [3.63, 3.8) is 0 Å². The van der Waals surface area contributed by atoms with Crippen LogP contribution in [0, 0.1) is 13.8 Å². The molecule has 4 heteroatoms. The van der Waals surface area contributed by atoms with Gasteiger partial charge < -0.3 is 5.32 Å². The predicted octanol–water partition coefficient (Wildman–Crippen LogP) is 4.69. The minimum absolute atomic E-state index is 0.400. The van der Waals surface area contributed by atoms with Crippen LogP contribution >= 0.6 is 15.9 Å². The second-order valence-corrected chi connectivity index (χ2v) is 6.17. The Morgan fingerprint density at radius 1 is 1.15 bits per heavy atom. The molecule has 0 spiro atoms. The van der Waals surface area contributed by atoms with E-state index in [1.54, 1.807) is 0 Å². The van der Waals surface area contributed by atoms with Gasteiger partial charge in [0.1, 0.15) is 5.82 Å². The average molecular weight is 334 g/mol. The number of benzene rings is 1. The summed E-state index contributed by atoms with van der Waals surface area (Å²) in [6, 6.07) is 6.17. The van der Waals surface area contributed by atoms with Crippen molar-refractivity contribution in [2.45, 2.75) is 33.6 Å². The van der Waals surface area contributed by atoms with E-state index in [0.717, 1.165) is 32.9 Å². The predicted molar refractivity (Wildman–Crippen MR) is 88.3 cm³/mol. The average Bonchev–Trinajstić information content (AvgIpc) is 2.37. The molecular formula is C16H20BrN3. The number of hydrogen-bond donors (Lipinski definition) is 1. The second-order valence-electron chi connectivity index (χ2n) is 5.26. The Balaban J connectivity index is 2.61. The largest absolute Gasteiger partial charge is 0.373 e. The van der Waals surface area contributed by atoms with E-state index in [4.69, 9.17) is 9.97 Å². The number of aryl methyl sites for hydroxylation is 2. The van der Waals surface area contributed by atoms with Crippen LogP contribution in [0.15, 0.2) is 22.7 Å². The van der Waals surface area contributed by atoms with Gasteiger partial charge in [0.05, 0.1) is 0 Å². The molecular weight excluding hydrogens is 314 g/mol. The standard InChI is InChI=1S/C16H20BrN3/c1-9(2)14-11(4)19-15(20-16(14)18-5)13-7-6-12(17)8-10(13)3/h6-9H,1-5H3,(H,18,19,20). The molecule has 0 radical (unpaired) electrons. The third kappa shape index (κ3) is 2.85. The molecule has 3 nitrogen and oxygen atoms in total. The Kier molecular flexibility index (Phi) is 4.43. The van der Waals surface area contributed by atoms with Crippen molar-refractivity contribution in [3.8, 4) is 11.4 Å². The molecule has 1 aromatic heterocycles.